The van der Waals surface area contributed by atoms with E-state index in [1.165, 1.54) is 12.2 Å². The molecule has 1 unspecified atom stereocenters. The van der Waals surface area contributed by atoms with Crippen molar-refractivity contribution in [3.05, 3.63) is 48.1 Å². The lowest BCUT2D eigenvalue weighted by Gasteiger charge is -2.40. The summed E-state index contributed by atoms with van der Waals surface area (Å²) in [5, 5.41) is 18.1. The highest BCUT2D eigenvalue weighted by Crippen LogP contribution is 2.52. The quantitative estimate of drug-likeness (QED) is 0.103. The summed E-state index contributed by atoms with van der Waals surface area (Å²) in [6.07, 6.45) is 8.64. The molecule has 0 spiro atoms. The molecular formula is C30H42F4O6. The second-order valence-electron chi connectivity index (χ2n) is 10.8. The van der Waals surface area contributed by atoms with E-state index < -0.39 is 54.8 Å². The van der Waals surface area contributed by atoms with Crippen LogP contribution in [-0.2, 0) is 19.1 Å². The molecule has 2 aliphatic carbocycles. The highest BCUT2D eigenvalue weighted by molar-refractivity contribution is 5.88. The number of halogens is 4. The van der Waals surface area contributed by atoms with Gasteiger partial charge in [0.25, 0.3) is 0 Å². The van der Waals surface area contributed by atoms with E-state index in [4.69, 9.17) is 19.7 Å². The van der Waals surface area contributed by atoms with Gasteiger partial charge >= 0.3 is 23.8 Å². The van der Waals surface area contributed by atoms with Gasteiger partial charge in [0.15, 0.2) is 0 Å². The molecular weight excluding hydrogens is 532 g/mol. The van der Waals surface area contributed by atoms with Crippen LogP contribution >= 0.6 is 0 Å². The molecule has 2 aliphatic rings. The molecule has 226 valence electrons. The molecule has 0 heterocycles. The number of hydrogen-bond acceptors (Lipinski definition) is 6. The molecule has 0 bridgehead atoms. The largest absolute Gasteiger partial charge is 0.461 e. The molecule has 0 aromatic heterocycles. The van der Waals surface area contributed by atoms with E-state index in [1.54, 1.807) is 0 Å². The van der Waals surface area contributed by atoms with Crippen molar-refractivity contribution >= 4 is 11.9 Å². The van der Waals surface area contributed by atoms with Crippen LogP contribution in [0.1, 0.15) is 64.7 Å². The monoisotopic (exact) mass is 574 g/mol. The Morgan fingerprint density at radius 2 is 1.50 bits per heavy atom. The number of aliphatic hydroxyl groups is 2. The zero-order valence-electron chi connectivity index (χ0n) is 23.2. The highest BCUT2D eigenvalue weighted by atomic mass is 19.3. The summed E-state index contributed by atoms with van der Waals surface area (Å²) in [7, 11) is 0. The van der Waals surface area contributed by atoms with Crippen molar-refractivity contribution in [1.82, 2.24) is 0 Å². The van der Waals surface area contributed by atoms with Gasteiger partial charge < -0.3 is 19.7 Å². The van der Waals surface area contributed by atoms with Crippen LogP contribution in [0.4, 0.5) is 17.6 Å². The smallest absolute Gasteiger partial charge is 0.335 e. The van der Waals surface area contributed by atoms with Gasteiger partial charge in [-0.15, -0.1) is 0 Å². The van der Waals surface area contributed by atoms with E-state index in [9.17, 15) is 9.59 Å². The van der Waals surface area contributed by atoms with Crippen LogP contribution in [0.15, 0.2) is 48.1 Å². The summed E-state index contributed by atoms with van der Waals surface area (Å²) < 4.78 is 71.2. The Hall–Kier alpha value is -2.46. The number of rotatable bonds is 16. The maximum absolute atomic E-state index is 15.3. The predicted octanol–water partition coefficient (Wildman–Crippen LogP) is 5.95. The van der Waals surface area contributed by atoms with Crippen molar-refractivity contribution in [1.29, 1.82) is 0 Å². The first-order valence-electron chi connectivity index (χ1n) is 13.9. The fraction of sp³-hybridized carbons (Fsp3) is 0.667. The normalized spacial score (nSPS) is 21.6. The third-order valence-corrected chi connectivity index (χ3v) is 7.88. The van der Waals surface area contributed by atoms with Crippen molar-refractivity contribution in [3.8, 4) is 0 Å². The van der Waals surface area contributed by atoms with Gasteiger partial charge in [0.2, 0.25) is 0 Å². The first-order valence-corrected chi connectivity index (χ1v) is 13.9. The number of allylic oxidation sites excluding steroid dienone is 3. The molecule has 1 atom stereocenters. The van der Waals surface area contributed by atoms with Crippen molar-refractivity contribution in [3.63, 3.8) is 0 Å². The van der Waals surface area contributed by atoms with Crippen LogP contribution in [0.5, 0.6) is 0 Å². The molecule has 10 heteroatoms. The Morgan fingerprint density at radius 1 is 0.950 bits per heavy atom. The van der Waals surface area contributed by atoms with Crippen molar-refractivity contribution in [2.24, 2.45) is 23.7 Å². The molecule has 2 N–H and O–H groups in total. The van der Waals surface area contributed by atoms with Crippen LogP contribution in [0, 0.1) is 23.7 Å². The minimum atomic E-state index is -4.27. The zero-order chi connectivity index (χ0) is 29.9. The lowest BCUT2D eigenvalue weighted by atomic mass is 9.73. The van der Waals surface area contributed by atoms with Crippen LogP contribution in [0.2, 0.25) is 0 Å². The molecule has 1 saturated carbocycles. The Bertz CT molecular complexity index is 918. The number of hydrogen-bond donors (Lipinski definition) is 2. The summed E-state index contributed by atoms with van der Waals surface area (Å²) in [4.78, 5) is 23.9. The number of unbranched alkanes of at least 4 members (excludes halogenated alkanes) is 2. The summed E-state index contributed by atoms with van der Waals surface area (Å²) in [6.45, 7) is 6.83. The fourth-order valence-corrected chi connectivity index (χ4v) is 5.15. The maximum Gasteiger partial charge on any atom is 0.335 e. The molecule has 0 aliphatic heterocycles. The first-order chi connectivity index (χ1) is 18.9. The van der Waals surface area contributed by atoms with Gasteiger partial charge in [0.1, 0.15) is 13.2 Å². The molecule has 0 aromatic carbocycles. The van der Waals surface area contributed by atoms with Gasteiger partial charge in [0.05, 0.1) is 36.2 Å². The van der Waals surface area contributed by atoms with Gasteiger partial charge in [-0.2, -0.15) is 17.6 Å². The third-order valence-electron chi connectivity index (χ3n) is 7.88. The average Bonchev–Trinajstić information content (AvgIpc) is 2.96. The Balaban J connectivity index is 2.07. The van der Waals surface area contributed by atoms with Gasteiger partial charge in [0, 0.05) is 5.92 Å². The Morgan fingerprint density at radius 3 is 1.95 bits per heavy atom. The summed E-state index contributed by atoms with van der Waals surface area (Å²) >= 11 is 0. The molecule has 0 saturated heterocycles. The Kier molecular flexibility index (Phi) is 13.1. The minimum absolute atomic E-state index is 0.0774. The zero-order valence-corrected chi connectivity index (χ0v) is 23.2. The molecule has 0 aromatic rings. The molecule has 2 rings (SSSR count). The average molecular weight is 575 g/mol. The molecule has 0 radical (unpaired) electrons. The van der Waals surface area contributed by atoms with Gasteiger partial charge in [-0.3, -0.25) is 0 Å². The van der Waals surface area contributed by atoms with Crippen molar-refractivity contribution < 1.29 is 46.8 Å². The van der Waals surface area contributed by atoms with E-state index in [0.29, 0.717) is 24.3 Å². The minimum Gasteiger partial charge on any atom is -0.461 e. The number of esters is 2. The van der Waals surface area contributed by atoms with Crippen molar-refractivity contribution in [2.45, 2.75) is 76.6 Å². The predicted molar refractivity (Wildman–Crippen MR) is 143 cm³/mol. The van der Waals surface area contributed by atoms with E-state index in [-0.39, 0.29) is 43.6 Å². The van der Waals surface area contributed by atoms with Gasteiger partial charge in [-0.1, -0.05) is 64.0 Å². The van der Waals surface area contributed by atoms with Crippen LogP contribution in [0.25, 0.3) is 0 Å². The second-order valence-corrected chi connectivity index (χ2v) is 10.8. The first kappa shape index (κ1) is 33.7. The van der Waals surface area contributed by atoms with E-state index in [2.05, 4.69) is 20.1 Å². The topological polar surface area (TPSA) is 93.1 Å². The number of ether oxygens (including phenoxy) is 2. The van der Waals surface area contributed by atoms with Crippen LogP contribution in [0.3, 0.4) is 0 Å². The second kappa shape index (κ2) is 15.5. The third kappa shape index (κ3) is 8.77. The van der Waals surface area contributed by atoms with E-state index in [1.807, 2.05) is 0 Å². The van der Waals surface area contributed by atoms with Crippen molar-refractivity contribution in [2.75, 3.05) is 26.4 Å². The summed E-state index contributed by atoms with van der Waals surface area (Å²) in [6, 6.07) is 0. The standard InChI is InChI=1S/C30H42F4O6/c1-4-5-6-7-22-8-12-25(13-9-22)29(31,32)30(33,34)26-14-10-23(11-15-26)24(18-39-27(37)20(2)16-35)19-40-28(38)21(3)17-36/h10-11,14,22,24-26,35-36H,2-9,12-13,15-19H2,1H3. The lowest BCUT2D eigenvalue weighted by molar-refractivity contribution is -0.258. The van der Waals surface area contributed by atoms with Crippen LogP contribution in [-0.4, -0.2) is 60.4 Å². The molecule has 6 nitrogen and oxygen atoms in total. The molecule has 1 fully saturated rings. The molecule has 0 amide bonds. The van der Waals surface area contributed by atoms with Gasteiger partial charge in [-0.05, 0) is 43.6 Å². The lowest BCUT2D eigenvalue weighted by Crippen LogP contribution is -2.51. The number of aliphatic hydroxyl groups excluding tert-OH is 2. The van der Waals surface area contributed by atoms with Gasteiger partial charge in [-0.25, -0.2) is 9.59 Å². The summed E-state index contributed by atoms with van der Waals surface area (Å²) in [5.74, 6) is -13.8. The summed E-state index contributed by atoms with van der Waals surface area (Å²) in [5.41, 5.74) is -0.0724. The number of alkyl halides is 4. The van der Waals surface area contributed by atoms with E-state index in [0.717, 1.165) is 31.8 Å². The maximum atomic E-state index is 15.3. The number of carbonyl (C=O) groups excluding carboxylic acids is 2. The SMILES string of the molecule is C=C(CO)C(=O)OCC(COC(=O)C(=C)CO)C1=CCC(C(F)(F)C(F)(F)C2CCC(CCCCC)CC2)C=C1. The highest BCUT2D eigenvalue weighted by Gasteiger charge is 2.63. The number of carbonyl (C=O) groups is 2. The fourth-order valence-electron chi connectivity index (χ4n) is 5.15. The van der Waals surface area contributed by atoms with E-state index >= 15 is 17.6 Å². The Labute approximate surface area is 233 Å². The van der Waals surface area contributed by atoms with Crippen LogP contribution < -0.4 is 0 Å². The molecule has 40 heavy (non-hydrogen) atoms.